The van der Waals surface area contributed by atoms with Crippen LogP contribution in [0.4, 0.5) is 0 Å². The topological polar surface area (TPSA) is 86.7 Å². The molecule has 1 amide bonds. The van der Waals surface area contributed by atoms with Crippen LogP contribution in [0.2, 0.25) is 0 Å². The van der Waals surface area contributed by atoms with Crippen LogP contribution in [-0.4, -0.2) is 25.7 Å². The Bertz CT molecular complexity index is 936. The summed E-state index contributed by atoms with van der Waals surface area (Å²) in [5, 5.41) is 4.29. The molecule has 0 saturated carbocycles. The van der Waals surface area contributed by atoms with Gasteiger partial charge in [-0.3, -0.25) is 9.48 Å². The molecular formula is C17H13N5O. The van der Waals surface area contributed by atoms with E-state index in [9.17, 15) is 4.79 Å². The zero-order chi connectivity index (χ0) is 16.4. The van der Waals surface area contributed by atoms with Crippen LogP contribution in [-0.2, 0) is 7.05 Å². The van der Waals surface area contributed by atoms with Gasteiger partial charge in [-0.05, 0) is 24.3 Å². The van der Waals surface area contributed by atoms with Gasteiger partial charge in [0.1, 0.15) is 11.4 Å². The zero-order valence-electron chi connectivity index (χ0n) is 12.4. The summed E-state index contributed by atoms with van der Waals surface area (Å²) in [6, 6.07) is 10.5. The van der Waals surface area contributed by atoms with Gasteiger partial charge in [-0.2, -0.15) is 5.10 Å². The van der Waals surface area contributed by atoms with Crippen LogP contribution in [0, 0.1) is 12.3 Å². The van der Waals surface area contributed by atoms with Crippen molar-refractivity contribution < 1.29 is 4.79 Å². The number of amides is 1. The number of hydrogen-bond acceptors (Lipinski definition) is 4. The highest BCUT2D eigenvalue weighted by Gasteiger charge is 2.13. The first-order chi connectivity index (χ1) is 11.1. The second-order valence-corrected chi connectivity index (χ2v) is 4.93. The third-order valence-corrected chi connectivity index (χ3v) is 3.24. The van der Waals surface area contributed by atoms with Gasteiger partial charge in [0.25, 0.3) is 5.91 Å². The molecule has 1 aromatic carbocycles. The molecule has 0 bridgehead atoms. The highest BCUT2D eigenvalue weighted by molar-refractivity contribution is 5.92. The van der Waals surface area contributed by atoms with Gasteiger partial charge in [0.2, 0.25) is 0 Å². The standard InChI is InChI=1S/C17H13N5O/c1-3-11-5-4-6-12(9-11)17-19-14(10-15(20-17)16(18)23)13-7-8-22(2)21-13/h1,4-10H,2H3,(H2,18,23). The van der Waals surface area contributed by atoms with E-state index in [0.29, 0.717) is 28.3 Å². The normalized spacial score (nSPS) is 10.3. The van der Waals surface area contributed by atoms with E-state index in [0.717, 1.165) is 0 Å². The third-order valence-electron chi connectivity index (χ3n) is 3.24. The maximum absolute atomic E-state index is 11.6. The number of carbonyl (C=O) groups excluding carboxylic acids is 1. The minimum absolute atomic E-state index is 0.127. The van der Waals surface area contributed by atoms with Gasteiger partial charge in [-0.1, -0.05) is 18.1 Å². The van der Waals surface area contributed by atoms with Crippen molar-refractivity contribution in [3.8, 4) is 35.1 Å². The SMILES string of the molecule is C#Cc1cccc(-c2nc(C(N)=O)cc(-c3ccn(C)n3)n2)c1. The first-order valence-corrected chi connectivity index (χ1v) is 6.83. The van der Waals surface area contributed by atoms with Crippen molar-refractivity contribution in [2.24, 2.45) is 12.8 Å². The van der Waals surface area contributed by atoms with E-state index >= 15 is 0 Å². The molecule has 3 aromatic rings. The van der Waals surface area contributed by atoms with Crippen LogP contribution >= 0.6 is 0 Å². The van der Waals surface area contributed by atoms with Gasteiger partial charge in [0.15, 0.2) is 5.82 Å². The Morgan fingerprint density at radius 2 is 2.04 bits per heavy atom. The molecule has 2 heterocycles. The number of aromatic nitrogens is 4. The lowest BCUT2D eigenvalue weighted by molar-refractivity contribution is 0.0995. The van der Waals surface area contributed by atoms with E-state index < -0.39 is 5.91 Å². The molecular weight excluding hydrogens is 290 g/mol. The number of carbonyl (C=O) groups is 1. The molecule has 0 atom stereocenters. The highest BCUT2D eigenvalue weighted by Crippen LogP contribution is 2.22. The monoisotopic (exact) mass is 303 g/mol. The number of benzene rings is 1. The fraction of sp³-hybridized carbons (Fsp3) is 0.0588. The second-order valence-electron chi connectivity index (χ2n) is 4.93. The molecule has 0 aliphatic heterocycles. The molecule has 0 saturated heterocycles. The molecule has 0 unspecified atom stereocenters. The minimum Gasteiger partial charge on any atom is -0.364 e. The number of nitrogens with two attached hydrogens (primary N) is 1. The number of nitrogens with zero attached hydrogens (tertiary/aromatic N) is 4. The smallest absolute Gasteiger partial charge is 0.267 e. The summed E-state index contributed by atoms with van der Waals surface area (Å²) in [5.74, 6) is 2.31. The summed E-state index contributed by atoms with van der Waals surface area (Å²) in [4.78, 5) is 20.3. The summed E-state index contributed by atoms with van der Waals surface area (Å²) in [6.07, 6.45) is 7.21. The third kappa shape index (κ3) is 2.94. The Morgan fingerprint density at radius 3 is 2.70 bits per heavy atom. The van der Waals surface area contributed by atoms with Crippen molar-refractivity contribution in [3.63, 3.8) is 0 Å². The van der Waals surface area contributed by atoms with E-state index in [1.807, 2.05) is 12.1 Å². The number of rotatable bonds is 3. The van der Waals surface area contributed by atoms with Gasteiger partial charge in [0, 0.05) is 24.4 Å². The predicted octanol–water partition coefficient (Wildman–Crippen LogP) is 1.62. The van der Waals surface area contributed by atoms with Crippen molar-refractivity contribution >= 4 is 5.91 Å². The first-order valence-electron chi connectivity index (χ1n) is 6.83. The van der Waals surface area contributed by atoms with Gasteiger partial charge in [-0.15, -0.1) is 6.42 Å². The lowest BCUT2D eigenvalue weighted by Crippen LogP contribution is -2.14. The molecule has 2 N–H and O–H groups in total. The summed E-state index contributed by atoms with van der Waals surface area (Å²) < 4.78 is 1.65. The Kier molecular flexibility index (Phi) is 3.61. The summed E-state index contributed by atoms with van der Waals surface area (Å²) >= 11 is 0. The van der Waals surface area contributed by atoms with Crippen molar-refractivity contribution in [3.05, 3.63) is 53.9 Å². The summed E-state index contributed by atoms with van der Waals surface area (Å²) in [6.45, 7) is 0. The van der Waals surface area contributed by atoms with Crippen LogP contribution in [0.5, 0.6) is 0 Å². The minimum atomic E-state index is -0.626. The Balaban J connectivity index is 2.18. The van der Waals surface area contributed by atoms with E-state index in [-0.39, 0.29) is 5.69 Å². The molecule has 0 aliphatic carbocycles. The maximum atomic E-state index is 11.6. The zero-order valence-corrected chi connectivity index (χ0v) is 12.4. The van der Waals surface area contributed by atoms with Crippen LogP contribution in [0.25, 0.3) is 22.8 Å². The molecule has 0 aliphatic rings. The highest BCUT2D eigenvalue weighted by atomic mass is 16.1. The average molecular weight is 303 g/mol. The maximum Gasteiger partial charge on any atom is 0.267 e. The molecule has 0 radical (unpaired) electrons. The van der Waals surface area contributed by atoms with E-state index in [2.05, 4.69) is 21.0 Å². The van der Waals surface area contributed by atoms with E-state index in [4.69, 9.17) is 12.2 Å². The number of hydrogen-bond donors (Lipinski definition) is 1. The molecule has 0 fully saturated rings. The first kappa shape index (κ1) is 14.5. The van der Waals surface area contributed by atoms with Gasteiger partial charge in [-0.25, -0.2) is 9.97 Å². The van der Waals surface area contributed by atoms with Crippen molar-refractivity contribution in [1.82, 2.24) is 19.7 Å². The number of aryl methyl sites for hydroxylation is 1. The molecule has 112 valence electrons. The fourth-order valence-electron chi connectivity index (χ4n) is 2.13. The van der Waals surface area contributed by atoms with Crippen LogP contribution in [0.15, 0.2) is 42.6 Å². The van der Waals surface area contributed by atoms with Crippen LogP contribution in [0.1, 0.15) is 16.1 Å². The summed E-state index contributed by atoms with van der Waals surface area (Å²) in [5.41, 5.74) is 8.08. The largest absolute Gasteiger partial charge is 0.364 e. The Morgan fingerprint density at radius 1 is 1.22 bits per heavy atom. The second kappa shape index (κ2) is 5.73. The molecule has 6 nitrogen and oxygen atoms in total. The molecule has 0 spiro atoms. The van der Waals surface area contributed by atoms with Crippen molar-refractivity contribution in [1.29, 1.82) is 0 Å². The van der Waals surface area contributed by atoms with Gasteiger partial charge >= 0.3 is 0 Å². The van der Waals surface area contributed by atoms with E-state index in [1.165, 1.54) is 6.07 Å². The Hall–Kier alpha value is -3.46. The quantitative estimate of drug-likeness (QED) is 0.745. The van der Waals surface area contributed by atoms with Crippen LogP contribution < -0.4 is 5.73 Å². The van der Waals surface area contributed by atoms with Crippen LogP contribution in [0.3, 0.4) is 0 Å². The predicted molar refractivity (Wildman–Crippen MR) is 86.1 cm³/mol. The van der Waals surface area contributed by atoms with Crippen molar-refractivity contribution in [2.45, 2.75) is 0 Å². The molecule has 6 heteroatoms. The lowest BCUT2D eigenvalue weighted by Gasteiger charge is -2.06. The van der Waals surface area contributed by atoms with Gasteiger partial charge < -0.3 is 5.73 Å². The molecule has 3 rings (SSSR count). The number of primary amides is 1. The Labute approximate surface area is 133 Å². The van der Waals surface area contributed by atoms with E-state index in [1.54, 1.807) is 36.1 Å². The molecule has 23 heavy (non-hydrogen) atoms. The summed E-state index contributed by atoms with van der Waals surface area (Å²) in [7, 11) is 1.80. The van der Waals surface area contributed by atoms with Gasteiger partial charge in [0.05, 0.1) is 5.69 Å². The van der Waals surface area contributed by atoms with Crippen molar-refractivity contribution in [2.75, 3.05) is 0 Å². The lowest BCUT2D eigenvalue weighted by atomic mass is 10.1. The number of terminal acetylenes is 1. The fourth-order valence-corrected chi connectivity index (χ4v) is 2.13. The average Bonchev–Trinajstić information content (AvgIpc) is 3.01. The molecule has 2 aromatic heterocycles.